The zero-order valence-corrected chi connectivity index (χ0v) is 15.7. The van der Waals surface area contributed by atoms with Crippen LogP contribution in [0.3, 0.4) is 0 Å². The highest BCUT2D eigenvalue weighted by molar-refractivity contribution is 7.88. The molecule has 0 radical (unpaired) electrons. The molecule has 2 aromatic heterocycles. The predicted octanol–water partition coefficient (Wildman–Crippen LogP) is 2.57. The van der Waals surface area contributed by atoms with Gasteiger partial charge in [0.1, 0.15) is 17.6 Å². The van der Waals surface area contributed by atoms with Crippen molar-refractivity contribution in [2.45, 2.75) is 43.6 Å². The number of aromatic nitrogens is 3. The lowest BCUT2D eigenvalue weighted by Gasteiger charge is -2.28. The molecule has 0 spiro atoms. The molecule has 3 aromatic rings. The SMILES string of the molecule is O=S(=O)(Cc1noc2ccccc12)NC1CCC(Oc2ncc(F)cn2)CC1. The van der Waals surface area contributed by atoms with Gasteiger partial charge in [0, 0.05) is 11.4 Å². The Bertz CT molecular complexity index is 1050. The van der Waals surface area contributed by atoms with Gasteiger partial charge in [-0.25, -0.2) is 27.5 Å². The van der Waals surface area contributed by atoms with Gasteiger partial charge in [0.2, 0.25) is 10.0 Å². The number of sulfonamides is 1. The summed E-state index contributed by atoms with van der Waals surface area (Å²) in [6, 6.07) is 7.12. The van der Waals surface area contributed by atoms with Crippen LogP contribution in [0.25, 0.3) is 11.0 Å². The topological polar surface area (TPSA) is 107 Å². The molecule has 1 aliphatic carbocycles. The van der Waals surface area contributed by atoms with E-state index in [9.17, 15) is 12.8 Å². The molecule has 0 amide bonds. The third-order valence-corrected chi connectivity index (χ3v) is 6.01. The molecule has 0 bridgehead atoms. The van der Waals surface area contributed by atoms with Crippen LogP contribution in [0, 0.1) is 5.82 Å². The minimum absolute atomic E-state index is 0.120. The zero-order chi connectivity index (χ0) is 19.6. The van der Waals surface area contributed by atoms with Gasteiger partial charge in [-0.2, -0.15) is 0 Å². The fourth-order valence-electron chi connectivity index (χ4n) is 3.33. The minimum atomic E-state index is -3.56. The van der Waals surface area contributed by atoms with Gasteiger partial charge in [-0.15, -0.1) is 0 Å². The van der Waals surface area contributed by atoms with Crippen molar-refractivity contribution >= 4 is 21.0 Å². The first-order valence-electron chi connectivity index (χ1n) is 8.96. The number of rotatable bonds is 6. The Hall–Kier alpha value is -2.59. The summed E-state index contributed by atoms with van der Waals surface area (Å²) in [6.07, 6.45) is 4.55. The molecule has 28 heavy (non-hydrogen) atoms. The summed E-state index contributed by atoms with van der Waals surface area (Å²) in [5.41, 5.74) is 0.960. The molecule has 148 valence electrons. The average molecular weight is 406 g/mol. The minimum Gasteiger partial charge on any atom is -0.460 e. The Morgan fingerprint density at radius 1 is 1.14 bits per heavy atom. The largest absolute Gasteiger partial charge is 0.460 e. The highest BCUT2D eigenvalue weighted by atomic mass is 32.2. The first-order valence-corrected chi connectivity index (χ1v) is 10.6. The molecular formula is C18H19FN4O4S. The number of hydrogen-bond donors (Lipinski definition) is 1. The van der Waals surface area contributed by atoms with Crippen LogP contribution in [0.2, 0.25) is 0 Å². The van der Waals surface area contributed by atoms with Crippen LogP contribution in [-0.2, 0) is 15.8 Å². The van der Waals surface area contributed by atoms with Gasteiger partial charge in [0.15, 0.2) is 11.4 Å². The monoisotopic (exact) mass is 406 g/mol. The summed E-state index contributed by atoms with van der Waals surface area (Å²) >= 11 is 0. The maximum Gasteiger partial charge on any atom is 0.316 e. The molecule has 0 saturated heterocycles. The third-order valence-electron chi connectivity index (χ3n) is 4.67. The van der Waals surface area contributed by atoms with Crippen molar-refractivity contribution in [1.82, 2.24) is 19.8 Å². The van der Waals surface area contributed by atoms with Crippen molar-refractivity contribution in [2.75, 3.05) is 0 Å². The molecule has 8 nitrogen and oxygen atoms in total. The van der Waals surface area contributed by atoms with E-state index in [1.807, 2.05) is 12.1 Å². The normalized spacial score (nSPS) is 20.3. The maximum absolute atomic E-state index is 12.8. The van der Waals surface area contributed by atoms with Crippen LogP contribution < -0.4 is 9.46 Å². The summed E-state index contributed by atoms with van der Waals surface area (Å²) in [7, 11) is -3.56. The number of nitrogens with one attached hydrogen (secondary N) is 1. The fourth-order valence-corrected chi connectivity index (χ4v) is 4.72. The van der Waals surface area contributed by atoms with E-state index in [-0.39, 0.29) is 23.9 Å². The Labute approximate surface area is 161 Å². The Kier molecular flexibility index (Phi) is 5.23. The quantitative estimate of drug-likeness (QED) is 0.670. The van der Waals surface area contributed by atoms with Gasteiger partial charge in [0.05, 0.1) is 12.4 Å². The second kappa shape index (κ2) is 7.80. The highest BCUT2D eigenvalue weighted by Gasteiger charge is 2.27. The number of benzene rings is 1. The number of ether oxygens (including phenoxy) is 1. The molecule has 10 heteroatoms. The van der Waals surface area contributed by atoms with Crippen molar-refractivity contribution < 1.29 is 22.1 Å². The molecule has 1 aromatic carbocycles. The van der Waals surface area contributed by atoms with E-state index in [0.29, 0.717) is 42.3 Å². The van der Waals surface area contributed by atoms with Crippen molar-refractivity contribution in [2.24, 2.45) is 0 Å². The summed E-state index contributed by atoms with van der Waals surface area (Å²) in [5.74, 6) is -0.755. The lowest BCUT2D eigenvalue weighted by Crippen LogP contribution is -2.40. The second-order valence-corrected chi connectivity index (χ2v) is 8.53. The molecule has 1 aliphatic rings. The maximum atomic E-state index is 12.8. The van der Waals surface area contributed by atoms with E-state index >= 15 is 0 Å². The van der Waals surface area contributed by atoms with Crippen molar-refractivity contribution in [3.63, 3.8) is 0 Å². The lowest BCUT2D eigenvalue weighted by atomic mass is 9.94. The van der Waals surface area contributed by atoms with Crippen molar-refractivity contribution in [1.29, 1.82) is 0 Å². The number of fused-ring (bicyclic) bond motifs is 1. The van der Waals surface area contributed by atoms with E-state index in [4.69, 9.17) is 9.26 Å². The Balaban J connectivity index is 1.31. The van der Waals surface area contributed by atoms with E-state index in [2.05, 4.69) is 19.8 Å². The number of nitrogens with zero attached hydrogens (tertiary/aromatic N) is 3. The summed E-state index contributed by atoms with van der Waals surface area (Å²) in [4.78, 5) is 7.56. The molecule has 1 N–H and O–H groups in total. The van der Waals surface area contributed by atoms with Gasteiger partial charge >= 0.3 is 6.01 Å². The molecule has 0 unspecified atom stereocenters. The predicted molar refractivity (Wildman–Crippen MR) is 98.4 cm³/mol. The summed E-state index contributed by atoms with van der Waals surface area (Å²) in [6.45, 7) is 0. The zero-order valence-electron chi connectivity index (χ0n) is 14.9. The van der Waals surface area contributed by atoms with E-state index in [1.54, 1.807) is 12.1 Å². The number of hydrogen-bond acceptors (Lipinski definition) is 7. The summed E-state index contributed by atoms with van der Waals surface area (Å²) in [5, 5.41) is 4.58. The van der Waals surface area contributed by atoms with Crippen LogP contribution in [0.1, 0.15) is 31.4 Å². The number of halogens is 1. The smallest absolute Gasteiger partial charge is 0.316 e. The van der Waals surface area contributed by atoms with E-state index in [0.717, 1.165) is 12.4 Å². The van der Waals surface area contributed by atoms with Crippen LogP contribution in [0.15, 0.2) is 41.2 Å². The summed E-state index contributed by atoms with van der Waals surface area (Å²) < 4.78 is 51.5. The highest BCUT2D eigenvalue weighted by Crippen LogP contribution is 2.24. The van der Waals surface area contributed by atoms with E-state index < -0.39 is 15.8 Å². The molecule has 0 aliphatic heterocycles. The Morgan fingerprint density at radius 2 is 1.86 bits per heavy atom. The van der Waals surface area contributed by atoms with Crippen LogP contribution in [0.5, 0.6) is 6.01 Å². The molecule has 0 atom stereocenters. The molecule has 4 rings (SSSR count). The second-order valence-electron chi connectivity index (χ2n) is 6.78. The van der Waals surface area contributed by atoms with Gasteiger partial charge < -0.3 is 9.26 Å². The van der Waals surface area contributed by atoms with Gasteiger partial charge in [0.25, 0.3) is 0 Å². The first-order chi connectivity index (χ1) is 13.5. The van der Waals surface area contributed by atoms with E-state index in [1.165, 1.54) is 0 Å². The molecule has 2 heterocycles. The third kappa shape index (κ3) is 4.45. The lowest BCUT2D eigenvalue weighted by molar-refractivity contribution is 0.131. The van der Waals surface area contributed by atoms with Crippen LogP contribution in [-0.4, -0.2) is 35.7 Å². The Morgan fingerprint density at radius 3 is 2.61 bits per heavy atom. The van der Waals surface area contributed by atoms with Gasteiger partial charge in [-0.05, 0) is 37.8 Å². The van der Waals surface area contributed by atoms with Crippen molar-refractivity contribution in [3.05, 3.63) is 48.2 Å². The first kappa shape index (κ1) is 18.8. The molecule has 1 saturated carbocycles. The van der Waals surface area contributed by atoms with Gasteiger partial charge in [-0.1, -0.05) is 17.3 Å². The average Bonchev–Trinajstić information content (AvgIpc) is 3.07. The van der Waals surface area contributed by atoms with Gasteiger partial charge in [-0.3, -0.25) is 0 Å². The standard InChI is InChI=1S/C18H19FN4O4S/c19-12-9-20-18(21-10-12)26-14-7-5-13(6-8-14)23-28(24,25)11-16-15-3-1-2-4-17(15)27-22-16/h1-4,9-10,13-14,23H,5-8,11H2. The van der Waals surface area contributed by atoms with Crippen molar-refractivity contribution in [3.8, 4) is 6.01 Å². The van der Waals surface area contributed by atoms with Crippen LogP contribution >= 0.6 is 0 Å². The molecule has 1 fully saturated rings. The number of para-hydroxylation sites is 1. The fraction of sp³-hybridized carbons (Fsp3) is 0.389. The van der Waals surface area contributed by atoms with Crippen LogP contribution in [0.4, 0.5) is 4.39 Å². The molecular weight excluding hydrogens is 387 g/mol.